The number of carbonyl (C=O) groups is 6. The fourth-order valence-corrected chi connectivity index (χ4v) is 11.0. The lowest BCUT2D eigenvalue weighted by molar-refractivity contribution is -0.319. The van der Waals surface area contributed by atoms with Gasteiger partial charge in [0.25, 0.3) is 0 Å². The Labute approximate surface area is 433 Å². The summed E-state index contributed by atoms with van der Waals surface area (Å²) in [5, 5.41) is 17.1. The Morgan fingerprint density at radius 3 is 2.18 bits per heavy atom. The highest BCUT2D eigenvalue weighted by Crippen LogP contribution is 2.43. The Morgan fingerprint density at radius 2 is 1.58 bits per heavy atom. The van der Waals surface area contributed by atoms with E-state index in [0.29, 0.717) is 26.1 Å². The number of aliphatic hydroxyl groups is 1. The van der Waals surface area contributed by atoms with Crippen molar-refractivity contribution in [1.29, 1.82) is 0 Å². The van der Waals surface area contributed by atoms with Crippen molar-refractivity contribution in [3.8, 4) is 0 Å². The van der Waals surface area contributed by atoms with Crippen molar-refractivity contribution in [3.63, 3.8) is 0 Å². The van der Waals surface area contributed by atoms with Gasteiger partial charge in [0.1, 0.15) is 36.8 Å². The smallest absolute Gasteiger partial charge is 0.309 e. The number of cyclic esters (lactones) is 1. The average Bonchev–Trinajstić information content (AvgIpc) is 3.31. The van der Waals surface area contributed by atoms with Gasteiger partial charge in [-0.1, -0.05) is 51.1 Å². The molecule has 0 saturated carbocycles. The second-order valence-electron chi connectivity index (χ2n) is 20.7. The summed E-state index contributed by atoms with van der Waals surface area (Å²) in [5.41, 5.74) is -0.0913. The highest BCUT2D eigenvalue weighted by molar-refractivity contribution is 5.73. The van der Waals surface area contributed by atoms with E-state index < -0.39 is 127 Å². The quantitative estimate of drug-likeness (QED) is 0.0861. The third-order valence-corrected chi connectivity index (χ3v) is 14.6. The zero-order valence-corrected chi connectivity index (χ0v) is 45.7. The zero-order valence-electron chi connectivity index (χ0n) is 45.7. The van der Waals surface area contributed by atoms with E-state index in [1.807, 2.05) is 39.1 Å². The first kappa shape index (κ1) is 61.5. The summed E-state index contributed by atoms with van der Waals surface area (Å²) in [6.45, 7) is 16.4. The molecule has 0 spiro atoms. The van der Waals surface area contributed by atoms with E-state index in [4.69, 9.17) is 42.6 Å². The molecule has 0 amide bonds. The molecule has 3 fully saturated rings. The van der Waals surface area contributed by atoms with Crippen molar-refractivity contribution < 1.29 is 76.5 Å². The first-order valence-electron chi connectivity index (χ1n) is 26.3. The van der Waals surface area contributed by atoms with E-state index in [1.54, 1.807) is 53.6 Å². The number of esters is 5. The lowest BCUT2D eigenvalue weighted by Gasteiger charge is -2.53. The normalized spacial score (nSPS) is 34.6. The maximum atomic E-state index is 14.0. The molecule has 0 aromatic heterocycles. The van der Waals surface area contributed by atoms with Crippen molar-refractivity contribution >= 4 is 36.1 Å². The molecule has 0 aliphatic carbocycles. The minimum Gasteiger partial charge on any atom is -0.463 e. The van der Waals surface area contributed by atoms with Crippen LogP contribution in [0.3, 0.4) is 0 Å². The van der Waals surface area contributed by atoms with Crippen molar-refractivity contribution in [1.82, 2.24) is 14.9 Å². The predicted octanol–water partition coefficient (Wildman–Crippen LogP) is 5.24. The van der Waals surface area contributed by atoms with Gasteiger partial charge in [-0.05, 0) is 91.3 Å². The summed E-state index contributed by atoms with van der Waals surface area (Å²) in [6.07, 6.45) is -6.76. The number of aliphatic hydroxyl groups excluding tert-OH is 1. The number of hydrazine groups is 1. The van der Waals surface area contributed by atoms with Crippen LogP contribution in [-0.4, -0.2) is 183 Å². The van der Waals surface area contributed by atoms with Gasteiger partial charge in [-0.2, -0.15) is 0 Å². The van der Waals surface area contributed by atoms with Gasteiger partial charge < -0.3 is 57.4 Å². The van der Waals surface area contributed by atoms with Crippen LogP contribution in [0, 0.1) is 17.8 Å². The molecule has 414 valence electrons. The molecule has 4 rings (SSSR count). The number of aldehydes is 1. The van der Waals surface area contributed by atoms with Crippen molar-refractivity contribution in [2.24, 2.45) is 17.8 Å². The van der Waals surface area contributed by atoms with Gasteiger partial charge in [0.2, 0.25) is 0 Å². The fourth-order valence-electron chi connectivity index (χ4n) is 11.0. The van der Waals surface area contributed by atoms with Crippen molar-refractivity contribution in [2.75, 3.05) is 47.9 Å². The molecule has 73 heavy (non-hydrogen) atoms. The highest BCUT2D eigenvalue weighted by atomic mass is 16.7. The highest BCUT2D eigenvalue weighted by Gasteiger charge is 2.56. The number of carbonyl (C=O) groups excluding carboxylic acids is 6. The molecule has 3 heterocycles. The fraction of sp³-hybridized carbons (Fsp3) is 0.778. The Bertz CT molecular complexity index is 1910. The number of unbranched alkanes of at least 4 members (excludes halogenated alkanes) is 1. The molecule has 3 saturated heterocycles. The van der Waals surface area contributed by atoms with E-state index in [1.165, 1.54) is 26.5 Å². The number of rotatable bonds is 18. The second-order valence-corrected chi connectivity index (χ2v) is 20.7. The third-order valence-electron chi connectivity index (χ3n) is 14.6. The van der Waals surface area contributed by atoms with Gasteiger partial charge in [0.05, 0.1) is 43.4 Å². The largest absolute Gasteiger partial charge is 0.463 e. The van der Waals surface area contributed by atoms with Crippen LogP contribution in [0.2, 0.25) is 0 Å². The zero-order chi connectivity index (χ0) is 54.2. The number of hydrogen-bond acceptors (Lipinski definition) is 19. The van der Waals surface area contributed by atoms with Crippen molar-refractivity contribution in [3.05, 3.63) is 35.9 Å². The van der Waals surface area contributed by atoms with Crippen LogP contribution in [0.15, 0.2) is 30.3 Å². The molecule has 0 unspecified atom stereocenters. The Morgan fingerprint density at radius 1 is 0.904 bits per heavy atom. The molecular weight excluding hydrogens is 947 g/mol. The van der Waals surface area contributed by atoms with E-state index >= 15 is 0 Å². The molecule has 1 N–H and O–H groups in total. The molecule has 1 aromatic carbocycles. The van der Waals surface area contributed by atoms with Gasteiger partial charge in [-0.3, -0.25) is 24.0 Å². The minimum atomic E-state index is -1.38. The van der Waals surface area contributed by atoms with Crippen LogP contribution < -0.4 is 0 Å². The summed E-state index contributed by atoms with van der Waals surface area (Å²) in [5.74, 6) is -4.79. The number of benzene rings is 1. The summed E-state index contributed by atoms with van der Waals surface area (Å²) in [4.78, 5) is 80.0. The Hall–Kier alpha value is -4.08. The number of nitrogens with zero attached hydrogens (tertiary/aromatic N) is 3. The molecule has 19 heteroatoms. The lowest BCUT2D eigenvalue weighted by atomic mass is 9.71. The lowest BCUT2D eigenvalue weighted by Crippen LogP contribution is -2.67. The van der Waals surface area contributed by atoms with Gasteiger partial charge >= 0.3 is 29.8 Å². The Balaban J connectivity index is 1.78. The molecule has 16 atom stereocenters. The van der Waals surface area contributed by atoms with Crippen LogP contribution in [0.4, 0.5) is 0 Å². The van der Waals surface area contributed by atoms with E-state index in [-0.39, 0.29) is 38.0 Å². The molecule has 19 nitrogen and oxygen atoms in total. The van der Waals surface area contributed by atoms with Crippen LogP contribution >= 0.6 is 0 Å². The SMILES string of the molecule is CCC(=O)O[C@@H]1CC(=O)O[C@H](C)CCN(CCCCc2ccccc2)N(C)C[C@H](OC(C)=O)[C@H](C)C[C@H](CC=O)[C@H]([C@@H]2O[C@H](C)[C@@H](O[C@H]3C[C@@](C)(OC(C)=O)[C@@H](OC(=O)CC)[C@H](C)O3)[C@H](N(C)C)[C@H]2O)[C@@H]1OC. The summed E-state index contributed by atoms with van der Waals surface area (Å²) >= 11 is 0. The number of ether oxygens (including phenoxy) is 9. The maximum absolute atomic E-state index is 14.0. The molecule has 3 aliphatic rings. The molecule has 1 aromatic rings. The number of likely N-dealkylation sites (N-methyl/N-ethyl adjacent to an activating group) is 2. The van der Waals surface area contributed by atoms with Crippen LogP contribution in [0.5, 0.6) is 0 Å². The first-order chi connectivity index (χ1) is 34.5. The summed E-state index contributed by atoms with van der Waals surface area (Å²) < 4.78 is 56.0. The van der Waals surface area contributed by atoms with Crippen LogP contribution in [0.25, 0.3) is 0 Å². The summed E-state index contributed by atoms with van der Waals surface area (Å²) in [6, 6.07) is 9.46. The first-order valence-corrected chi connectivity index (χ1v) is 26.3. The van der Waals surface area contributed by atoms with E-state index in [2.05, 4.69) is 22.2 Å². The Kier molecular flexibility index (Phi) is 24.7. The van der Waals surface area contributed by atoms with Gasteiger partial charge in [-0.15, -0.1) is 0 Å². The van der Waals surface area contributed by atoms with Gasteiger partial charge in [-0.25, -0.2) is 10.0 Å². The average molecular weight is 1030 g/mol. The molecule has 0 radical (unpaired) electrons. The van der Waals surface area contributed by atoms with E-state index in [9.17, 15) is 33.9 Å². The van der Waals surface area contributed by atoms with Gasteiger partial charge in [0.15, 0.2) is 18.0 Å². The standard InChI is InChI=1S/C54H87N3O16/c1-14-43(61)70-41-30-45(63)66-34(4)24-27-57(26-20-19-23-39-21-17-16-18-22-39)56(12)32-42(69-37(7)59)33(3)29-40(25-28-58)47(51(41)65-13)52-49(64)48(55(10)11)50(35(5)68-52)72-46-31-54(9,73-38(8)60)53(36(6)67-46)71-44(62)15-2/h16-18,21-22,28,33-36,40-42,46-53,64H,14-15,19-20,23-27,29-32H2,1-13H3/t33-,34-,35-,36+,40+,41-,42+,46+,47+,48-,49-,50-,51-,52+,53+,54-/m1/s1. The van der Waals surface area contributed by atoms with Gasteiger partial charge in [0, 0.05) is 72.7 Å². The topological polar surface area (TPSA) is 215 Å². The van der Waals surface area contributed by atoms with E-state index in [0.717, 1.165) is 25.5 Å². The monoisotopic (exact) mass is 1030 g/mol. The predicted molar refractivity (Wildman–Crippen MR) is 268 cm³/mol. The van der Waals surface area contributed by atoms with Crippen LogP contribution in [0.1, 0.15) is 126 Å². The second kappa shape index (κ2) is 29.3. The third kappa shape index (κ3) is 17.8. The van der Waals surface area contributed by atoms with Crippen molar-refractivity contribution in [2.45, 2.75) is 205 Å². The maximum Gasteiger partial charge on any atom is 0.309 e. The number of hydrogen-bond donors (Lipinski definition) is 1. The summed E-state index contributed by atoms with van der Waals surface area (Å²) in [7, 11) is 6.92. The van der Waals surface area contributed by atoms with Crippen LogP contribution in [-0.2, 0) is 77.8 Å². The minimum absolute atomic E-state index is 0.0158. The number of methoxy groups -OCH3 is 1. The molecule has 0 bridgehead atoms. The molecule has 3 aliphatic heterocycles. The number of aryl methyl sites for hydroxylation is 1. The molecular formula is C54H87N3O16.